The summed E-state index contributed by atoms with van der Waals surface area (Å²) in [5.41, 5.74) is 7.20. The van der Waals surface area contributed by atoms with Crippen LogP contribution in [0.1, 0.15) is 22.0 Å². The highest BCUT2D eigenvalue weighted by molar-refractivity contribution is 7.07. The molecule has 4 N–H and O–H groups in total. The molecule has 20 heavy (non-hydrogen) atoms. The predicted molar refractivity (Wildman–Crippen MR) is 79.0 cm³/mol. The molecular weight excluding hydrogens is 276 g/mol. The first-order chi connectivity index (χ1) is 9.63. The standard InChI is InChI=1S/C14H16N2O3S/c1-19-12-4-2-3-10(15)13(12)14(18)16-7-11(17)9-5-6-20-8-9/h2-6,8,11,17H,7,15H2,1H3,(H,16,18). The molecule has 2 aromatic rings. The van der Waals surface area contributed by atoms with E-state index in [1.165, 1.54) is 18.4 Å². The minimum absolute atomic E-state index is 0.118. The summed E-state index contributed by atoms with van der Waals surface area (Å²) in [4.78, 5) is 12.1. The Kier molecular flexibility index (Phi) is 4.60. The van der Waals surface area contributed by atoms with Gasteiger partial charge in [0.25, 0.3) is 5.91 Å². The zero-order chi connectivity index (χ0) is 14.5. The van der Waals surface area contributed by atoms with Gasteiger partial charge in [-0.05, 0) is 34.5 Å². The van der Waals surface area contributed by atoms with Crippen molar-refractivity contribution in [2.75, 3.05) is 19.4 Å². The van der Waals surface area contributed by atoms with Gasteiger partial charge < -0.3 is 20.9 Å². The maximum Gasteiger partial charge on any atom is 0.257 e. The van der Waals surface area contributed by atoms with E-state index in [-0.39, 0.29) is 18.0 Å². The van der Waals surface area contributed by atoms with Gasteiger partial charge in [0.05, 0.1) is 13.2 Å². The van der Waals surface area contributed by atoms with Crippen molar-refractivity contribution >= 4 is 22.9 Å². The number of benzene rings is 1. The molecule has 1 unspecified atom stereocenters. The van der Waals surface area contributed by atoms with Crippen molar-refractivity contribution in [2.45, 2.75) is 6.10 Å². The topological polar surface area (TPSA) is 84.6 Å². The number of aliphatic hydroxyl groups excluding tert-OH is 1. The molecule has 1 amide bonds. The number of nitrogens with two attached hydrogens (primary N) is 1. The van der Waals surface area contributed by atoms with Crippen molar-refractivity contribution in [3.05, 3.63) is 46.2 Å². The van der Waals surface area contributed by atoms with Gasteiger partial charge >= 0.3 is 0 Å². The van der Waals surface area contributed by atoms with E-state index in [2.05, 4.69) is 5.32 Å². The molecule has 0 radical (unpaired) electrons. The smallest absolute Gasteiger partial charge is 0.257 e. The Balaban J connectivity index is 2.06. The first-order valence-electron chi connectivity index (χ1n) is 6.04. The molecule has 6 heteroatoms. The average molecular weight is 292 g/mol. The van der Waals surface area contributed by atoms with Crippen molar-refractivity contribution in [1.82, 2.24) is 5.32 Å². The van der Waals surface area contributed by atoms with Crippen LogP contribution in [0.3, 0.4) is 0 Å². The molecule has 0 spiro atoms. The molecule has 1 aromatic carbocycles. The van der Waals surface area contributed by atoms with Crippen molar-refractivity contribution < 1.29 is 14.6 Å². The summed E-state index contributed by atoms with van der Waals surface area (Å²) in [5, 5.41) is 16.3. The van der Waals surface area contributed by atoms with Crippen LogP contribution in [0.2, 0.25) is 0 Å². The number of amides is 1. The number of hydrogen-bond donors (Lipinski definition) is 3. The van der Waals surface area contributed by atoms with E-state index in [9.17, 15) is 9.90 Å². The Morgan fingerprint density at radius 2 is 2.30 bits per heavy atom. The second kappa shape index (κ2) is 6.40. The quantitative estimate of drug-likeness (QED) is 0.734. The Labute approximate surface area is 121 Å². The largest absolute Gasteiger partial charge is 0.496 e. The van der Waals surface area contributed by atoms with Gasteiger partial charge in [0.1, 0.15) is 11.3 Å². The summed E-state index contributed by atoms with van der Waals surface area (Å²) in [7, 11) is 1.48. The molecule has 0 saturated heterocycles. The summed E-state index contributed by atoms with van der Waals surface area (Å²) >= 11 is 1.49. The molecule has 1 heterocycles. The second-order valence-corrected chi connectivity index (χ2v) is 4.99. The summed E-state index contributed by atoms with van der Waals surface area (Å²) in [5.74, 6) is 0.0433. The summed E-state index contributed by atoms with van der Waals surface area (Å²) < 4.78 is 5.12. The van der Waals surface area contributed by atoms with Crippen LogP contribution in [0, 0.1) is 0 Å². The van der Waals surface area contributed by atoms with E-state index in [1.54, 1.807) is 18.2 Å². The molecular formula is C14H16N2O3S. The van der Waals surface area contributed by atoms with Crippen molar-refractivity contribution in [2.24, 2.45) is 0 Å². The first kappa shape index (κ1) is 14.4. The fourth-order valence-electron chi connectivity index (χ4n) is 1.82. The van der Waals surface area contributed by atoms with Gasteiger partial charge in [0.15, 0.2) is 0 Å². The molecule has 1 atom stereocenters. The number of carbonyl (C=O) groups is 1. The first-order valence-corrected chi connectivity index (χ1v) is 6.98. The van der Waals surface area contributed by atoms with Gasteiger partial charge in [-0.25, -0.2) is 0 Å². The van der Waals surface area contributed by atoms with Gasteiger partial charge in [0, 0.05) is 12.2 Å². The Morgan fingerprint density at radius 3 is 2.95 bits per heavy atom. The highest BCUT2D eigenvalue weighted by Crippen LogP contribution is 2.24. The Hall–Kier alpha value is -2.05. The Morgan fingerprint density at radius 1 is 1.50 bits per heavy atom. The molecule has 2 rings (SSSR count). The average Bonchev–Trinajstić information content (AvgIpc) is 2.98. The fourth-order valence-corrected chi connectivity index (χ4v) is 2.53. The van der Waals surface area contributed by atoms with Crippen LogP contribution < -0.4 is 15.8 Å². The summed E-state index contributed by atoms with van der Waals surface area (Å²) in [6.45, 7) is 0.118. The van der Waals surface area contributed by atoms with Crippen molar-refractivity contribution in [1.29, 1.82) is 0 Å². The van der Waals surface area contributed by atoms with Gasteiger partial charge in [-0.2, -0.15) is 11.3 Å². The monoisotopic (exact) mass is 292 g/mol. The predicted octanol–water partition coefficient (Wildman–Crippen LogP) is 1.80. The molecule has 0 fully saturated rings. The minimum atomic E-state index is -0.735. The molecule has 5 nitrogen and oxygen atoms in total. The summed E-state index contributed by atoms with van der Waals surface area (Å²) in [6.07, 6.45) is -0.735. The van der Waals surface area contributed by atoms with E-state index in [4.69, 9.17) is 10.5 Å². The van der Waals surface area contributed by atoms with Crippen molar-refractivity contribution in [3.8, 4) is 5.75 Å². The zero-order valence-corrected chi connectivity index (χ0v) is 11.8. The van der Waals surface area contributed by atoms with E-state index >= 15 is 0 Å². The second-order valence-electron chi connectivity index (χ2n) is 4.21. The fraction of sp³-hybridized carbons (Fsp3) is 0.214. The highest BCUT2D eigenvalue weighted by Gasteiger charge is 2.17. The number of anilines is 1. The summed E-state index contributed by atoms with van der Waals surface area (Å²) in [6, 6.07) is 6.83. The van der Waals surface area contributed by atoms with Crippen LogP contribution in [-0.2, 0) is 0 Å². The highest BCUT2D eigenvalue weighted by atomic mass is 32.1. The molecule has 0 aliphatic heterocycles. The van der Waals surface area contributed by atoms with Crippen LogP contribution in [0.15, 0.2) is 35.0 Å². The number of carbonyl (C=O) groups excluding carboxylic acids is 1. The van der Waals surface area contributed by atoms with Crippen LogP contribution in [-0.4, -0.2) is 24.7 Å². The number of hydrogen-bond acceptors (Lipinski definition) is 5. The van der Waals surface area contributed by atoms with E-state index in [0.29, 0.717) is 11.4 Å². The minimum Gasteiger partial charge on any atom is -0.496 e. The number of ether oxygens (including phenoxy) is 1. The third-order valence-corrected chi connectivity index (χ3v) is 3.59. The maximum absolute atomic E-state index is 12.1. The molecule has 0 saturated carbocycles. The molecule has 0 bridgehead atoms. The Bertz CT molecular complexity index is 584. The van der Waals surface area contributed by atoms with E-state index in [0.717, 1.165) is 5.56 Å². The molecule has 0 aliphatic carbocycles. The lowest BCUT2D eigenvalue weighted by atomic mass is 10.1. The van der Waals surface area contributed by atoms with Gasteiger partial charge in [0.2, 0.25) is 0 Å². The third-order valence-electron chi connectivity index (χ3n) is 2.89. The number of aliphatic hydroxyl groups is 1. The van der Waals surface area contributed by atoms with Crippen LogP contribution >= 0.6 is 11.3 Å². The number of methoxy groups -OCH3 is 1. The van der Waals surface area contributed by atoms with Gasteiger partial charge in [-0.3, -0.25) is 4.79 Å². The molecule has 0 aliphatic rings. The van der Waals surface area contributed by atoms with Gasteiger partial charge in [-0.1, -0.05) is 6.07 Å². The molecule has 1 aromatic heterocycles. The SMILES string of the molecule is COc1cccc(N)c1C(=O)NCC(O)c1ccsc1. The third kappa shape index (κ3) is 3.09. The van der Waals surface area contributed by atoms with Gasteiger partial charge in [-0.15, -0.1) is 0 Å². The zero-order valence-electron chi connectivity index (χ0n) is 11.0. The number of thiophene rings is 1. The van der Waals surface area contributed by atoms with E-state index in [1.807, 2.05) is 16.8 Å². The number of nitrogen functional groups attached to an aromatic ring is 1. The van der Waals surface area contributed by atoms with E-state index < -0.39 is 6.10 Å². The normalized spacial score (nSPS) is 11.9. The number of nitrogens with one attached hydrogen (secondary N) is 1. The maximum atomic E-state index is 12.1. The lowest BCUT2D eigenvalue weighted by molar-refractivity contribution is 0.0914. The van der Waals surface area contributed by atoms with Crippen molar-refractivity contribution in [3.63, 3.8) is 0 Å². The lowest BCUT2D eigenvalue weighted by Crippen LogP contribution is -2.29. The van der Waals surface area contributed by atoms with Crippen LogP contribution in [0.25, 0.3) is 0 Å². The lowest BCUT2D eigenvalue weighted by Gasteiger charge is -2.13. The van der Waals surface area contributed by atoms with Crippen LogP contribution in [0.4, 0.5) is 5.69 Å². The number of rotatable bonds is 5. The molecule has 106 valence electrons. The van der Waals surface area contributed by atoms with Crippen LogP contribution in [0.5, 0.6) is 5.75 Å².